The lowest BCUT2D eigenvalue weighted by atomic mass is 10.1. The highest BCUT2D eigenvalue weighted by Crippen LogP contribution is 2.15. The quantitative estimate of drug-likeness (QED) is 0.441. The molecule has 0 saturated heterocycles. The molecule has 0 unspecified atom stereocenters. The lowest BCUT2D eigenvalue weighted by Gasteiger charge is -2.10. The van der Waals surface area contributed by atoms with Gasteiger partial charge in [0.05, 0.1) is 17.9 Å². The van der Waals surface area contributed by atoms with E-state index in [2.05, 4.69) is 20.6 Å². The number of rotatable bonds is 7. The average molecular weight is 463 g/mol. The Hall–Kier alpha value is -4.41. The van der Waals surface area contributed by atoms with E-state index in [0.29, 0.717) is 17.1 Å². The van der Waals surface area contributed by atoms with Crippen molar-refractivity contribution in [2.75, 3.05) is 6.54 Å². The first kappa shape index (κ1) is 22.8. The monoisotopic (exact) mass is 463 g/mol. The van der Waals surface area contributed by atoms with Crippen molar-refractivity contribution in [3.8, 4) is 17.1 Å². The van der Waals surface area contributed by atoms with Gasteiger partial charge in [-0.25, -0.2) is 18.4 Å². The van der Waals surface area contributed by atoms with Crippen LogP contribution in [0.3, 0.4) is 0 Å². The smallest absolute Gasteiger partial charge is 0.267 e. The number of amides is 1. The lowest BCUT2D eigenvalue weighted by Crippen LogP contribution is -2.36. The molecule has 0 aliphatic rings. The Morgan fingerprint density at radius 1 is 0.912 bits per heavy atom. The van der Waals surface area contributed by atoms with Crippen molar-refractivity contribution in [2.24, 2.45) is 0 Å². The summed E-state index contributed by atoms with van der Waals surface area (Å²) in [6.45, 7) is 3.66. The van der Waals surface area contributed by atoms with Gasteiger partial charge in [0.25, 0.3) is 11.1 Å². The summed E-state index contributed by atoms with van der Waals surface area (Å²) in [4.78, 5) is 36.7. The fraction of sp³-hybridized carbons (Fsp3) is 0.217. The molecule has 0 aliphatic carbocycles. The highest BCUT2D eigenvalue weighted by Gasteiger charge is 2.11. The Bertz CT molecular complexity index is 1450. The van der Waals surface area contributed by atoms with Gasteiger partial charge in [-0.2, -0.15) is 10.2 Å². The third kappa shape index (κ3) is 5.14. The highest BCUT2D eigenvalue weighted by molar-refractivity contribution is 5.75. The van der Waals surface area contributed by atoms with Gasteiger partial charge in [-0.05, 0) is 56.3 Å². The predicted octanol–water partition coefficient (Wildman–Crippen LogP) is 1.23. The van der Waals surface area contributed by atoms with Crippen molar-refractivity contribution in [1.29, 1.82) is 0 Å². The number of aromatic nitrogens is 6. The fourth-order valence-corrected chi connectivity index (χ4v) is 3.40. The Labute approximate surface area is 193 Å². The normalized spacial score (nSPS) is 10.9. The maximum Gasteiger partial charge on any atom is 0.267 e. The van der Waals surface area contributed by atoms with E-state index in [9.17, 15) is 18.8 Å². The van der Waals surface area contributed by atoms with Crippen LogP contribution in [0.25, 0.3) is 17.1 Å². The molecule has 0 radical (unpaired) electrons. The van der Waals surface area contributed by atoms with Gasteiger partial charge >= 0.3 is 0 Å². The molecule has 0 spiro atoms. The van der Waals surface area contributed by atoms with E-state index in [0.717, 1.165) is 16.1 Å². The molecule has 0 fully saturated rings. The first-order valence-corrected chi connectivity index (χ1v) is 10.5. The second kappa shape index (κ2) is 9.61. The average Bonchev–Trinajstić information content (AvgIpc) is 3.15. The van der Waals surface area contributed by atoms with E-state index < -0.39 is 11.5 Å². The van der Waals surface area contributed by atoms with E-state index in [1.54, 1.807) is 28.9 Å². The van der Waals surface area contributed by atoms with Gasteiger partial charge in [0, 0.05) is 29.9 Å². The van der Waals surface area contributed by atoms with Gasteiger partial charge in [0.1, 0.15) is 12.4 Å². The minimum absolute atomic E-state index is 0.116. The maximum atomic E-state index is 13.2. The number of carbonyl (C=O) groups excluding carboxylic acids is 1. The minimum atomic E-state index is -0.442. The third-order valence-electron chi connectivity index (χ3n) is 5.02. The lowest BCUT2D eigenvalue weighted by molar-refractivity contribution is -0.121. The molecule has 3 aromatic heterocycles. The topological polar surface area (TPSA) is 117 Å². The van der Waals surface area contributed by atoms with E-state index in [4.69, 9.17) is 0 Å². The molecule has 10 nitrogen and oxygen atoms in total. The van der Waals surface area contributed by atoms with Gasteiger partial charge in [0.15, 0.2) is 5.82 Å². The molecule has 4 aromatic rings. The van der Waals surface area contributed by atoms with Crippen LogP contribution in [0.4, 0.5) is 4.39 Å². The van der Waals surface area contributed by atoms with Gasteiger partial charge in [-0.1, -0.05) is 0 Å². The predicted molar refractivity (Wildman–Crippen MR) is 122 cm³/mol. The van der Waals surface area contributed by atoms with Crippen LogP contribution >= 0.6 is 0 Å². The van der Waals surface area contributed by atoms with Gasteiger partial charge in [-0.15, -0.1) is 5.10 Å². The Morgan fingerprint density at radius 2 is 1.62 bits per heavy atom. The van der Waals surface area contributed by atoms with Crippen molar-refractivity contribution in [3.63, 3.8) is 0 Å². The van der Waals surface area contributed by atoms with Gasteiger partial charge < -0.3 is 5.32 Å². The molecular formula is C23H22FN7O3. The van der Waals surface area contributed by atoms with Gasteiger partial charge in [-0.3, -0.25) is 14.4 Å². The second-order valence-electron chi connectivity index (χ2n) is 7.66. The van der Waals surface area contributed by atoms with Crippen LogP contribution in [0, 0.1) is 19.7 Å². The van der Waals surface area contributed by atoms with Crippen LogP contribution in [-0.4, -0.2) is 41.8 Å². The zero-order chi connectivity index (χ0) is 24.2. The molecule has 1 N–H and O–H groups in total. The first-order valence-electron chi connectivity index (χ1n) is 10.5. The molecule has 0 aliphatic heterocycles. The number of nitrogens with one attached hydrogen (secondary N) is 1. The summed E-state index contributed by atoms with van der Waals surface area (Å²) in [6.07, 6.45) is 0. The molecule has 1 aromatic carbocycles. The summed E-state index contributed by atoms with van der Waals surface area (Å²) in [5.74, 6) is -0.386. The van der Waals surface area contributed by atoms with Gasteiger partial charge in [0.2, 0.25) is 5.91 Å². The van der Waals surface area contributed by atoms with E-state index in [-0.39, 0.29) is 31.0 Å². The number of hydrogen-bond donors (Lipinski definition) is 1. The van der Waals surface area contributed by atoms with Crippen molar-refractivity contribution < 1.29 is 9.18 Å². The van der Waals surface area contributed by atoms with E-state index in [1.165, 1.54) is 28.9 Å². The molecule has 0 atom stereocenters. The van der Waals surface area contributed by atoms with Crippen LogP contribution in [0.1, 0.15) is 11.4 Å². The number of carbonyl (C=O) groups is 1. The Balaban J connectivity index is 1.40. The third-order valence-corrected chi connectivity index (χ3v) is 5.02. The van der Waals surface area contributed by atoms with E-state index in [1.807, 2.05) is 19.9 Å². The van der Waals surface area contributed by atoms with E-state index >= 15 is 0 Å². The maximum absolute atomic E-state index is 13.2. The zero-order valence-electron chi connectivity index (χ0n) is 18.6. The standard InChI is InChI=1S/C23H22FN7O3/c1-15-13-16(2)31(26-15)20-8-10-23(34)30(28-20)14-21(32)25-11-12-29-22(33)9-7-19(27-29)17-3-5-18(24)6-4-17/h3-10,13H,11-12,14H2,1-2H3,(H,25,32). The number of aryl methyl sites for hydroxylation is 2. The molecule has 174 valence electrons. The molecule has 0 bridgehead atoms. The molecule has 0 saturated carbocycles. The molecule has 4 rings (SSSR count). The summed E-state index contributed by atoms with van der Waals surface area (Å²) in [7, 11) is 0. The summed E-state index contributed by atoms with van der Waals surface area (Å²) in [5, 5.41) is 15.5. The largest absolute Gasteiger partial charge is 0.353 e. The summed E-state index contributed by atoms with van der Waals surface area (Å²) < 4.78 is 17.0. The van der Waals surface area contributed by atoms with Crippen LogP contribution in [0.2, 0.25) is 0 Å². The van der Waals surface area contributed by atoms with Crippen LogP contribution in [0.15, 0.2) is 64.2 Å². The van der Waals surface area contributed by atoms with Crippen molar-refractivity contribution in [3.05, 3.63) is 92.5 Å². The summed E-state index contributed by atoms with van der Waals surface area (Å²) in [5.41, 5.74) is 2.05. The SMILES string of the molecule is Cc1cc(C)n(-c2ccc(=O)n(CC(=O)NCCn3nc(-c4ccc(F)cc4)ccc3=O)n2)n1. The second-order valence-corrected chi connectivity index (χ2v) is 7.66. The van der Waals surface area contributed by atoms with Crippen molar-refractivity contribution in [1.82, 2.24) is 34.7 Å². The number of hydrogen-bond acceptors (Lipinski definition) is 6. The minimum Gasteiger partial charge on any atom is -0.353 e. The number of nitrogens with zero attached hydrogens (tertiary/aromatic N) is 6. The molecular weight excluding hydrogens is 441 g/mol. The molecule has 1 amide bonds. The van der Waals surface area contributed by atoms with Crippen LogP contribution in [-0.2, 0) is 17.9 Å². The highest BCUT2D eigenvalue weighted by atomic mass is 19.1. The zero-order valence-corrected chi connectivity index (χ0v) is 18.6. The van der Waals surface area contributed by atoms with Crippen molar-refractivity contribution in [2.45, 2.75) is 26.9 Å². The first-order chi connectivity index (χ1) is 16.3. The fourth-order valence-electron chi connectivity index (χ4n) is 3.40. The number of benzene rings is 1. The Kier molecular flexibility index (Phi) is 6.44. The van der Waals surface area contributed by atoms with Crippen LogP contribution in [0.5, 0.6) is 0 Å². The Morgan fingerprint density at radius 3 is 2.32 bits per heavy atom. The van der Waals surface area contributed by atoms with Crippen molar-refractivity contribution >= 4 is 5.91 Å². The van der Waals surface area contributed by atoms with Crippen LogP contribution < -0.4 is 16.4 Å². The summed E-state index contributed by atoms with van der Waals surface area (Å²) in [6, 6.07) is 13.4. The molecule has 11 heteroatoms. The molecule has 34 heavy (non-hydrogen) atoms. The summed E-state index contributed by atoms with van der Waals surface area (Å²) >= 11 is 0. The number of halogens is 1. The molecule has 3 heterocycles.